The summed E-state index contributed by atoms with van der Waals surface area (Å²) >= 11 is 0. The Bertz CT molecular complexity index is 864. The second-order valence-electron chi connectivity index (χ2n) is 5.86. The fourth-order valence-corrected chi connectivity index (χ4v) is 2.70. The second kappa shape index (κ2) is 8.27. The number of hydrogen-bond acceptors (Lipinski definition) is 4. The van der Waals surface area contributed by atoms with Gasteiger partial charge in [0.15, 0.2) is 0 Å². The highest BCUT2D eigenvalue weighted by Gasteiger charge is 2.13. The van der Waals surface area contributed by atoms with Gasteiger partial charge in [-0.25, -0.2) is 4.98 Å². The summed E-state index contributed by atoms with van der Waals surface area (Å²) in [4.78, 5) is 16.1. The zero-order chi connectivity index (χ0) is 18.4. The molecule has 5 heteroatoms. The molecule has 1 unspecified atom stereocenters. The van der Waals surface area contributed by atoms with Crippen molar-refractivity contribution >= 4 is 11.7 Å². The maximum absolute atomic E-state index is 11.9. The van der Waals surface area contributed by atoms with E-state index in [0.717, 1.165) is 16.7 Å². The number of nitrogens with zero attached hydrogens (tertiary/aromatic N) is 1. The number of hydrogen-bond donors (Lipinski definition) is 3. The van der Waals surface area contributed by atoms with Gasteiger partial charge in [-0.1, -0.05) is 54.6 Å². The van der Waals surface area contributed by atoms with Crippen LogP contribution in [0.3, 0.4) is 0 Å². The van der Waals surface area contributed by atoms with Crippen LogP contribution in [-0.4, -0.2) is 29.6 Å². The predicted molar refractivity (Wildman–Crippen MR) is 103 cm³/mol. The van der Waals surface area contributed by atoms with Gasteiger partial charge >= 0.3 is 0 Å². The number of carbonyl (C=O) groups is 1. The summed E-state index contributed by atoms with van der Waals surface area (Å²) in [5.41, 5.74) is 3.48. The third-order valence-corrected chi connectivity index (χ3v) is 4.14. The molecule has 26 heavy (non-hydrogen) atoms. The smallest absolute Gasteiger partial charge is 0.254 e. The minimum Gasteiger partial charge on any atom is -0.387 e. The fourth-order valence-electron chi connectivity index (χ4n) is 2.70. The molecule has 1 atom stereocenters. The van der Waals surface area contributed by atoms with Gasteiger partial charge in [-0.15, -0.1) is 0 Å². The number of anilines is 1. The van der Waals surface area contributed by atoms with Crippen LogP contribution in [-0.2, 0) is 0 Å². The van der Waals surface area contributed by atoms with Gasteiger partial charge in [-0.05, 0) is 28.8 Å². The minimum atomic E-state index is -0.709. The van der Waals surface area contributed by atoms with E-state index < -0.39 is 6.10 Å². The van der Waals surface area contributed by atoms with Gasteiger partial charge in [0.2, 0.25) is 0 Å². The van der Waals surface area contributed by atoms with E-state index in [4.69, 9.17) is 0 Å². The van der Waals surface area contributed by atoms with Crippen molar-refractivity contribution in [3.63, 3.8) is 0 Å². The van der Waals surface area contributed by atoms with Crippen molar-refractivity contribution in [2.75, 3.05) is 18.9 Å². The van der Waals surface area contributed by atoms with E-state index in [1.165, 1.54) is 0 Å². The standard InChI is InChI=1S/C21H21N3O2/c1-22-21(26)18-8-5-13-23-20(18)24-14-19(25)17-11-9-16(10-12-17)15-6-3-2-4-7-15/h2-13,19,25H,14H2,1H3,(H,22,26)(H,23,24). The summed E-state index contributed by atoms with van der Waals surface area (Å²) < 4.78 is 0. The van der Waals surface area contributed by atoms with E-state index in [2.05, 4.69) is 15.6 Å². The van der Waals surface area contributed by atoms with E-state index in [0.29, 0.717) is 11.4 Å². The topological polar surface area (TPSA) is 74.2 Å². The molecule has 132 valence electrons. The predicted octanol–water partition coefficient (Wildman–Crippen LogP) is 3.25. The summed E-state index contributed by atoms with van der Waals surface area (Å²) in [5, 5.41) is 16.1. The van der Waals surface area contributed by atoms with Crippen molar-refractivity contribution in [3.05, 3.63) is 84.1 Å². The lowest BCUT2D eigenvalue weighted by molar-refractivity contribution is 0.0963. The molecule has 3 rings (SSSR count). The Morgan fingerprint density at radius 3 is 2.38 bits per heavy atom. The average molecular weight is 347 g/mol. The summed E-state index contributed by atoms with van der Waals surface area (Å²) in [6, 6.07) is 21.3. The van der Waals surface area contributed by atoms with Crippen LogP contribution in [0.15, 0.2) is 72.9 Å². The molecule has 0 bridgehead atoms. The van der Waals surface area contributed by atoms with E-state index in [1.54, 1.807) is 25.4 Å². The summed E-state index contributed by atoms with van der Waals surface area (Å²) in [5.74, 6) is 0.231. The molecule has 0 fully saturated rings. The quantitative estimate of drug-likeness (QED) is 0.640. The van der Waals surface area contributed by atoms with Gasteiger partial charge < -0.3 is 15.7 Å². The number of amides is 1. The van der Waals surface area contributed by atoms with Crippen molar-refractivity contribution in [2.45, 2.75) is 6.10 Å². The van der Waals surface area contributed by atoms with E-state index >= 15 is 0 Å². The van der Waals surface area contributed by atoms with Crippen molar-refractivity contribution in [2.24, 2.45) is 0 Å². The third-order valence-electron chi connectivity index (χ3n) is 4.14. The van der Waals surface area contributed by atoms with Crippen LogP contribution in [0.5, 0.6) is 0 Å². The Labute approximate surface area is 152 Å². The molecule has 5 nitrogen and oxygen atoms in total. The molecule has 0 aliphatic carbocycles. The number of carbonyl (C=O) groups excluding carboxylic acids is 1. The van der Waals surface area contributed by atoms with Crippen LogP contribution in [0.25, 0.3) is 11.1 Å². The van der Waals surface area contributed by atoms with Crippen molar-refractivity contribution in [1.82, 2.24) is 10.3 Å². The Hall–Kier alpha value is -3.18. The molecular weight excluding hydrogens is 326 g/mol. The van der Waals surface area contributed by atoms with Gasteiger partial charge in [0.05, 0.1) is 11.7 Å². The Morgan fingerprint density at radius 1 is 1.00 bits per heavy atom. The number of benzene rings is 2. The van der Waals surface area contributed by atoms with E-state index in [-0.39, 0.29) is 12.5 Å². The van der Waals surface area contributed by atoms with E-state index in [1.807, 2.05) is 54.6 Å². The fraction of sp³-hybridized carbons (Fsp3) is 0.143. The van der Waals surface area contributed by atoms with Crippen LogP contribution < -0.4 is 10.6 Å². The van der Waals surface area contributed by atoms with Gasteiger partial charge in [0.1, 0.15) is 5.82 Å². The monoisotopic (exact) mass is 347 g/mol. The second-order valence-corrected chi connectivity index (χ2v) is 5.86. The van der Waals surface area contributed by atoms with Gasteiger partial charge in [0.25, 0.3) is 5.91 Å². The Kier molecular flexibility index (Phi) is 5.61. The number of rotatable bonds is 6. The SMILES string of the molecule is CNC(=O)c1cccnc1NCC(O)c1ccc(-c2ccccc2)cc1. The van der Waals surface area contributed by atoms with Crippen LogP contribution in [0.4, 0.5) is 5.82 Å². The molecule has 0 saturated carbocycles. The summed E-state index contributed by atoms with van der Waals surface area (Å²) in [7, 11) is 1.57. The van der Waals surface area contributed by atoms with Crippen LogP contribution in [0.1, 0.15) is 22.0 Å². The number of aromatic nitrogens is 1. The highest BCUT2D eigenvalue weighted by Crippen LogP contribution is 2.22. The molecule has 3 N–H and O–H groups in total. The van der Waals surface area contributed by atoms with Crippen molar-refractivity contribution < 1.29 is 9.90 Å². The lowest BCUT2D eigenvalue weighted by atomic mass is 10.0. The van der Waals surface area contributed by atoms with Gasteiger partial charge in [-0.3, -0.25) is 4.79 Å². The van der Waals surface area contributed by atoms with Gasteiger partial charge in [0, 0.05) is 19.8 Å². The lowest BCUT2D eigenvalue weighted by Crippen LogP contribution is -2.21. The van der Waals surface area contributed by atoms with Crippen molar-refractivity contribution in [1.29, 1.82) is 0 Å². The average Bonchev–Trinajstić information content (AvgIpc) is 2.72. The van der Waals surface area contributed by atoms with Crippen LogP contribution in [0.2, 0.25) is 0 Å². The maximum Gasteiger partial charge on any atom is 0.254 e. The lowest BCUT2D eigenvalue weighted by Gasteiger charge is -2.15. The molecule has 0 saturated heterocycles. The number of aliphatic hydroxyl groups excluding tert-OH is 1. The Morgan fingerprint density at radius 2 is 1.69 bits per heavy atom. The molecule has 2 aromatic carbocycles. The largest absolute Gasteiger partial charge is 0.387 e. The zero-order valence-corrected chi connectivity index (χ0v) is 14.5. The minimum absolute atomic E-state index is 0.220. The van der Waals surface area contributed by atoms with Crippen LogP contribution >= 0.6 is 0 Å². The van der Waals surface area contributed by atoms with Crippen molar-refractivity contribution in [3.8, 4) is 11.1 Å². The normalized spacial score (nSPS) is 11.6. The third kappa shape index (κ3) is 4.07. The first kappa shape index (κ1) is 17.6. The van der Waals surface area contributed by atoms with Gasteiger partial charge in [-0.2, -0.15) is 0 Å². The first-order valence-corrected chi connectivity index (χ1v) is 8.43. The molecule has 0 spiro atoms. The molecule has 0 radical (unpaired) electrons. The molecule has 1 heterocycles. The van der Waals surface area contributed by atoms with Crippen LogP contribution in [0, 0.1) is 0 Å². The van der Waals surface area contributed by atoms with E-state index in [9.17, 15) is 9.90 Å². The summed E-state index contributed by atoms with van der Waals surface area (Å²) in [6.07, 6.45) is 0.898. The first-order chi connectivity index (χ1) is 12.7. The molecule has 1 aromatic heterocycles. The highest BCUT2D eigenvalue weighted by molar-refractivity contribution is 5.98. The summed E-state index contributed by atoms with van der Waals surface area (Å²) in [6.45, 7) is 0.256. The zero-order valence-electron chi connectivity index (χ0n) is 14.5. The molecule has 3 aromatic rings. The maximum atomic E-state index is 11.9. The highest BCUT2D eigenvalue weighted by atomic mass is 16.3. The number of pyridine rings is 1. The number of nitrogens with one attached hydrogen (secondary N) is 2. The number of aliphatic hydroxyl groups is 1. The molecular formula is C21H21N3O2. The molecule has 0 aliphatic rings. The molecule has 1 amide bonds. The first-order valence-electron chi connectivity index (χ1n) is 8.43. The molecule has 0 aliphatic heterocycles. The Balaban J connectivity index is 1.68.